The molecule has 1 aliphatic heterocycles. The van der Waals surface area contributed by atoms with E-state index >= 15 is 0 Å². The van der Waals surface area contributed by atoms with E-state index in [4.69, 9.17) is 5.11 Å². The maximum Gasteiger partial charge on any atom is 0.323 e. The summed E-state index contributed by atoms with van der Waals surface area (Å²) in [5.74, 6) is -1.17. The van der Waals surface area contributed by atoms with Gasteiger partial charge in [0.05, 0.1) is 5.92 Å². The van der Waals surface area contributed by atoms with Crippen molar-refractivity contribution in [3.05, 3.63) is 5.01 Å². The summed E-state index contributed by atoms with van der Waals surface area (Å²) < 4.78 is 0. The van der Waals surface area contributed by atoms with Crippen LogP contribution in [0.1, 0.15) is 38.1 Å². The number of anilines is 1. The monoisotopic (exact) mass is 326 g/mol. The van der Waals surface area contributed by atoms with Crippen LogP contribution in [-0.4, -0.2) is 45.3 Å². The van der Waals surface area contributed by atoms with E-state index in [-0.39, 0.29) is 18.5 Å². The molecule has 0 saturated carbocycles. The number of aliphatic carboxylic acids is 1. The predicted octanol–water partition coefficient (Wildman–Crippen LogP) is 2.46. The first-order valence-corrected chi connectivity index (χ1v) is 8.42. The number of hydrogen-bond donors (Lipinski definition) is 2. The van der Waals surface area contributed by atoms with Gasteiger partial charge in [0.1, 0.15) is 5.01 Å². The van der Waals surface area contributed by atoms with Gasteiger partial charge in [-0.2, -0.15) is 0 Å². The summed E-state index contributed by atoms with van der Waals surface area (Å²) in [6.07, 6.45) is 3.61. The number of likely N-dealkylation sites (tertiary alicyclic amines) is 1. The number of urea groups is 1. The van der Waals surface area contributed by atoms with Crippen LogP contribution in [0.25, 0.3) is 0 Å². The lowest BCUT2D eigenvalue weighted by molar-refractivity contribution is -0.143. The molecule has 1 aromatic heterocycles. The highest BCUT2D eigenvalue weighted by Gasteiger charge is 2.32. The molecule has 2 amide bonds. The number of carbonyl (C=O) groups excluding carboxylic acids is 1. The van der Waals surface area contributed by atoms with E-state index in [9.17, 15) is 9.59 Å². The van der Waals surface area contributed by atoms with Crippen molar-refractivity contribution in [2.24, 2.45) is 11.8 Å². The van der Waals surface area contributed by atoms with Gasteiger partial charge in [-0.1, -0.05) is 31.6 Å². The molecule has 2 heterocycles. The van der Waals surface area contributed by atoms with E-state index < -0.39 is 11.9 Å². The number of carbonyl (C=O) groups is 2. The highest BCUT2D eigenvalue weighted by atomic mass is 32.1. The van der Waals surface area contributed by atoms with Crippen molar-refractivity contribution in [3.63, 3.8) is 0 Å². The fourth-order valence-corrected chi connectivity index (χ4v) is 3.37. The Kier molecular flexibility index (Phi) is 5.70. The van der Waals surface area contributed by atoms with Crippen molar-refractivity contribution in [2.75, 3.05) is 18.4 Å². The second kappa shape index (κ2) is 7.53. The Morgan fingerprint density at radius 3 is 2.86 bits per heavy atom. The van der Waals surface area contributed by atoms with Crippen LogP contribution in [0, 0.1) is 11.8 Å². The van der Waals surface area contributed by atoms with Crippen molar-refractivity contribution < 1.29 is 14.7 Å². The number of carboxylic acid groups (broad SMARTS) is 1. The third-order valence-electron chi connectivity index (χ3n) is 3.72. The summed E-state index contributed by atoms with van der Waals surface area (Å²) in [4.78, 5) is 25.0. The van der Waals surface area contributed by atoms with E-state index in [1.165, 1.54) is 11.3 Å². The zero-order valence-electron chi connectivity index (χ0n) is 12.9. The van der Waals surface area contributed by atoms with Crippen LogP contribution < -0.4 is 5.32 Å². The Bertz CT molecular complexity index is 534. The lowest BCUT2D eigenvalue weighted by atomic mass is 9.91. The topological polar surface area (TPSA) is 95.4 Å². The first-order valence-electron chi connectivity index (χ1n) is 7.60. The molecule has 2 rings (SSSR count). The van der Waals surface area contributed by atoms with Crippen LogP contribution in [0.4, 0.5) is 9.93 Å². The minimum absolute atomic E-state index is 0.176. The van der Waals surface area contributed by atoms with Crippen LogP contribution in [0.3, 0.4) is 0 Å². The van der Waals surface area contributed by atoms with Gasteiger partial charge in [0.25, 0.3) is 0 Å². The maximum absolute atomic E-state index is 12.3. The number of rotatable bonds is 5. The first-order chi connectivity index (χ1) is 10.5. The summed E-state index contributed by atoms with van der Waals surface area (Å²) in [5, 5.41) is 21.3. The van der Waals surface area contributed by atoms with Gasteiger partial charge in [0.2, 0.25) is 5.13 Å². The molecule has 2 atom stereocenters. The smallest absolute Gasteiger partial charge is 0.323 e. The molecule has 22 heavy (non-hydrogen) atoms. The summed E-state index contributed by atoms with van der Waals surface area (Å²) in [5.41, 5.74) is 0. The molecule has 2 N–H and O–H groups in total. The van der Waals surface area contributed by atoms with E-state index in [1.54, 1.807) is 4.90 Å². The van der Waals surface area contributed by atoms with Crippen molar-refractivity contribution in [3.8, 4) is 0 Å². The lowest BCUT2D eigenvalue weighted by Crippen LogP contribution is -2.47. The number of nitrogens with one attached hydrogen (secondary N) is 1. The molecule has 1 aliphatic rings. The van der Waals surface area contributed by atoms with E-state index in [1.807, 2.05) is 6.92 Å². The molecule has 0 aromatic carbocycles. The summed E-state index contributed by atoms with van der Waals surface area (Å²) in [6.45, 7) is 4.88. The van der Waals surface area contributed by atoms with Gasteiger partial charge in [-0.3, -0.25) is 10.1 Å². The molecular formula is C14H22N4O3S. The molecule has 0 aliphatic carbocycles. The Labute approximate surface area is 133 Å². The van der Waals surface area contributed by atoms with E-state index in [2.05, 4.69) is 22.4 Å². The molecule has 7 nitrogen and oxygen atoms in total. The van der Waals surface area contributed by atoms with E-state index in [0.717, 1.165) is 24.3 Å². The SMILES string of the molecule is CCCCc1nnc(NC(=O)N2CC(C)CC(C(=O)O)C2)s1. The summed E-state index contributed by atoms with van der Waals surface area (Å²) >= 11 is 1.38. The highest BCUT2D eigenvalue weighted by molar-refractivity contribution is 7.15. The lowest BCUT2D eigenvalue weighted by Gasteiger charge is -2.34. The fraction of sp³-hybridized carbons (Fsp3) is 0.714. The Morgan fingerprint density at radius 2 is 2.18 bits per heavy atom. The van der Waals surface area contributed by atoms with Crippen LogP contribution >= 0.6 is 11.3 Å². The van der Waals surface area contributed by atoms with Crippen molar-refractivity contribution in [2.45, 2.75) is 39.5 Å². The summed E-state index contributed by atoms with van der Waals surface area (Å²) in [6, 6.07) is -0.295. The number of carboxylic acids is 1. The number of unbranched alkanes of at least 4 members (excludes halogenated alkanes) is 1. The second-order valence-electron chi connectivity index (χ2n) is 5.82. The normalized spacial score (nSPS) is 21.6. The Balaban J connectivity index is 1.93. The Hall–Kier alpha value is -1.70. The van der Waals surface area contributed by atoms with Gasteiger partial charge in [0, 0.05) is 19.5 Å². The van der Waals surface area contributed by atoms with Gasteiger partial charge in [-0.15, -0.1) is 10.2 Å². The van der Waals surface area contributed by atoms with Crippen molar-refractivity contribution >= 4 is 28.5 Å². The first kappa shape index (κ1) is 16.7. The standard InChI is InChI=1S/C14H22N4O3S/c1-3-4-5-11-16-17-13(22-11)15-14(21)18-7-9(2)6-10(8-18)12(19)20/h9-10H,3-8H2,1-2H3,(H,19,20)(H,15,17,21). The minimum Gasteiger partial charge on any atom is -0.481 e. The van der Waals surface area contributed by atoms with Gasteiger partial charge >= 0.3 is 12.0 Å². The molecule has 1 saturated heterocycles. The third-order valence-corrected chi connectivity index (χ3v) is 4.62. The number of aryl methyl sites for hydroxylation is 1. The van der Waals surface area contributed by atoms with Gasteiger partial charge < -0.3 is 10.0 Å². The maximum atomic E-state index is 12.3. The average Bonchev–Trinajstić information content (AvgIpc) is 2.91. The largest absolute Gasteiger partial charge is 0.481 e. The van der Waals surface area contributed by atoms with Gasteiger partial charge in [0.15, 0.2) is 0 Å². The molecule has 8 heteroatoms. The molecule has 1 fully saturated rings. The molecule has 0 radical (unpaired) electrons. The zero-order valence-corrected chi connectivity index (χ0v) is 13.7. The van der Waals surface area contributed by atoms with Crippen molar-refractivity contribution in [1.82, 2.24) is 15.1 Å². The Morgan fingerprint density at radius 1 is 1.41 bits per heavy atom. The van der Waals surface area contributed by atoms with Crippen LogP contribution in [0.2, 0.25) is 0 Å². The molecule has 0 spiro atoms. The quantitative estimate of drug-likeness (QED) is 0.866. The van der Waals surface area contributed by atoms with Crippen molar-refractivity contribution in [1.29, 1.82) is 0 Å². The molecule has 122 valence electrons. The van der Waals surface area contributed by atoms with E-state index in [0.29, 0.717) is 18.1 Å². The van der Waals surface area contributed by atoms with Crippen LogP contribution in [0.5, 0.6) is 0 Å². The number of amides is 2. The number of aromatic nitrogens is 2. The van der Waals surface area contributed by atoms with Gasteiger partial charge in [-0.25, -0.2) is 4.79 Å². The van der Waals surface area contributed by atoms with Gasteiger partial charge in [-0.05, 0) is 18.8 Å². The molecular weight excluding hydrogens is 304 g/mol. The number of nitrogens with zero attached hydrogens (tertiary/aromatic N) is 3. The second-order valence-corrected chi connectivity index (χ2v) is 6.88. The molecule has 1 aromatic rings. The highest BCUT2D eigenvalue weighted by Crippen LogP contribution is 2.23. The molecule has 2 unspecified atom stereocenters. The zero-order chi connectivity index (χ0) is 16.1. The van der Waals surface area contributed by atoms with Crippen LogP contribution in [0.15, 0.2) is 0 Å². The molecule has 0 bridgehead atoms. The fourth-order valence-electron chi connectivity index (χ4n) is 2.60. The summed E-state index contributed by atoms with van der Waals surface area (Å²) in [7, 11) is 0. The third kappa shape index (κ3) is 4.40. The minimum atomic E-state index is -0.845. The number of piperidine rings is 1. The average molecular weight is 326 g/mol. The van der Waals surface area contributed by atoms with Crippen LogP contribution in [-0.2, 0) is 11.2 Å². The predicted molar refractivity (Wildman–Crippen MR) is 84.0 cm³/mol. The number of hydrogen-bond acceptors (Lipinski definition) is 5.